The van der Waals surface area contributed by atoms with E-state index in [2.05, 4.69) is 32.5 Å². The second-order valence-electron chi connectivity index (χ2n) is 3.78. The highest BCUT2D eigenvalue weighted by Gasteiger charge is 2.17. The van der Waals surface area contributed by atoms with Crippen LogP contribution in [0.2, 0.25) is 0 Å². The molecular weight excluding hydrogens is 194 g/mol. The van der Waals surface area contributed by atoms with Gasteiger partial charge < -0.3 is 5.32 Å². The first-order chi connectivity index (χ1) is 6.93. The maximum absolute atomic E-state index is 4.65. The highest BCUT2D eigenvalue weighted by Crippen LogP contribution is 2.25. The molecule has 1 saturated heterocycles. The molecule has 2 aromatic heterocycles. The molecule has 1 aliphatic rings. The minimum atomic E-state index is 0.670. The molecule has 0 spiro atoms. The number of piperidine rings is 1. The van der Waals surface area contributed by atoms with Gasteiger partial charge in [-0.2, -0.15) is 0 Å². The molecular formula is C10H13N3S. The van der Waals surface area contributed by atoms with Gasteiger partial charge in [0.05, 0.1) is 5.69 Å². The Labute approximate surface area is 86.8 Å². The molecule has 1 aliphatic heterocycles. The third-order valence-electron chi connectivity index (χ3n) is 2.87. The van der Waals surface area contributed by atoms with E-state index in [0.717, 1.165) is 18.1 Å². The minimum Gasteiger partial charge on any atom is -0.317 e. The average Bonchev–Trinajstić information content (AvgIpc) is 2.78. The molecule has 0 radical (unpaired) electrons. The van der Waals surface area contributed by atoms with Crippen LogP contribution >= 0.6 is 11.3 Å². The van der Waals surface area contributed by atoms with Crippen LogP contribution in [0.15, 0.2) is 17.8 Å². The van der Waals surface area contributed by atoms with E-state index < -0.39 is 0 Å². The molecule has 3 nitrogen and oxygen atoms in total. The molecule has 2 aromatic rings. The predicted octanol–water partition coefficient (Wildman–Crippen LogP) is 1.86. The molecule has 0 saturated carbocycles. The van der Waals surface area contributed by atoms with Crippen molar-refractivity contribution in [2.45, 2.75) is 18.8 Å². The number of hydrogen-bond acceptors (Lipinski definition) is 3. The molecule has 0 unspecified atom stereocenters. The van der Waals surface area contributed by atoms with E-state index in [9.17, 15) is 0 Å². The Hall–Kier alpha value is -0.870. The van der Waals surface area contributed by atoms with Crippen molar-refractivity contribution >= 4 is 16.3 Å². The lowest BCUT2D eigenvalue weighted by Gasteiger charge is -2.20. The Kier molecular flexibility index (Phi) is 2.03. The van der Waals surface area contributed by atoms with Crippen LogP contribution in [-0.4, -0.2) is 22.5 Å². The van der Waals surface area contributed by atoms with E-state index in [0.29, 0.717) is 5.92 Å². The number of nitrogens with one attached hydrogen (secondary N) is 1. The number of nitrogens with zero attached hydrogens (tertiary/aromatic N) is 2. The van der Waals surface area contributed by atoms with Gasteiger partial charge in [0.2, 0.25) is 0 Å². The van der Waals surface area contributed by atoms with Gasteiger partial charge in [-0.1, -0.05) is 0 Å². The molecule has 14 heavy (non-hydrogen) atoms. The van der Waals surface area contributed by atoms with Crippen molar-refractivity contribution in [3.05, 3.63) is 23.5 Å². The molecule has 1 N–H and O–H groups in total. The maximum Gasteiger partial charge on any atom is 0.193 e. The normalized spacial score (nSPS) is 19.1. The molecule has 3 rings (SSSR count). The van der Waals surface area contributed by atoms with Crippen LogP contribution in [-0.2, 0) is 0 Å². The highest BCUT2D eigenvalue weighted by atomic mass is 32.1. The second-order valence-corrected chi connectivity index (χ2v) is 4.66. The van der Waals surface area contributed by atoms with Crippen molar-refractivity contribution in [2.24, 2.45) is 0 Å². The molecule has 3 heterocycles. The van der Waals surface area contributed by atoms with Crippen LogP contribution in [0, 0.1) is 0 Å². The predicted molar refractivity (Wildman–Crippen MR) is 57.9 cm³/mol. The summed E-state index contributed by atoms with van der Waals surface area (Å²) in [5.74, 6) is 0.670. The van der Waals surface area contributed by atoms with Crippen LogP contribution in [0.25, 0.3) is 4.96 Å². The van der Waals surface area contributed by atoms with Crippen molar-refractivity contribution in [1.29, 1.82) is 0 Å². The Morgan fingerprint density at radius 3 is 3.07 bits per heavy atom. The maximum atomic E-state index is 4.65. The number of imidazole rings is 1. The van der Waals surface area contributed by atoms with Crippen LogP contribution in [0.4, 0.5) is 0 Å². The summed E-state index contributed by atoms with van der Waals surface area (Å²) in [7, 11) is 0. The largest absolute Gasteiger partial charge is 0.317 e. The molecule has 0 bridgehead atoms. The van der Waals surface area contributed by atoms with Crippen molar-refractivity contribution in [2.75, 3.05) is 13.1 Å². The van der Waals surface area contributed by atoms with E-state index in [1.807, 2.05) is 0 Å². The first-order valence-electron chi connectivity index (χ1n) is 5.06. The van der Waals surface area contributed by atoms with Crippen LogP contribution in [0.5, 0.6) is 0 Å². The SMILES string of the molecule is c1cn2cc(C3CCNCC3)nc2s1. The summed E-state index contributed by atoms with van der Waals surface area (Å²) in [5, 5.41) is 5.46. The summed E-state index contributed by atoms with van der Waals surface area (Å²) in [6.45, 7) is 2.27. The smallest absolute Gasteiger partial charge is 0.193 e. The summed E-state index contributed by atoms with van der Waals surface area (Å²) in [5.41, 5.74) is 1.28. The van der Waals surface area contributed by atoms with E-state index >= 15 is 0 Å². The van der Waals surface area contributed by atoms with Crippen molar-refractivity contribution in [3.63, 3.8) is 0 Å². The van der Waals surface area contributed by atoms with Gasteiger partial charge >= 0.3 is 0 Å². The zero-order valence-corrected chi connectivity index (χ0v) is 8.76. The molecule has 0 amide bonds. The zero-order valence-electron chi connectivity index (χ0n) is 7.94. The molecule has 0 aromatic carbocycles. The highest BCUT2D eigenvalue weighted by molar-refractivity contribution is 7.15. The van der Waals surface area contributed by atoms with E-state index in [1.165, 1.54) is 18.5 Å². The van der Waals surface area contributed by atoms with Gasteiger partial charge in [0.1, 0.15) is 0 Å². The molecule has 0 atom stereocenters. The fourth-order valence-electron chi connectivity index (χ4n) is 2.06. The number of rotatable bonds is 1. The Bertz CT molecular complexity index is 397. The van der Waals surface area contributed by atoms with Gasteiger partial charge in [0.25, 0.3) is 0 Å². The number of aromatic nitrogens is 2. The van der Waals surface area contributed by atoms with Crippen LogP contribution in [0.1, 0.15) is 24.5 Å². The van der Waals surface area contributed by atoms with Crippen molar-refractivity contribution in [1.82, 2.24) is 14.7 Å². The van der Waals surface area contributed by atoms with Gasteiger partial charge in [-0.05, 0) is 25.9 Å². The fraction of sp³-hybridized carbons (Fsp3) is 0.500. The van der Waals surface area contributed by atoms with Gasteiger partial charge in [-0.25, -0.2) is 4.98 Å². The van der Waals surface area contributed by atoms with Crippen LogP contribution in [0.3, 0.4) is 0 Å². The van der Waals surface area contributed by atoms with Gasteiger partial charge in [-0.3, -0.25) is 4.40 Å². The van der Waals surface area contributed by atoms with Gasteiger partial charge in [0, 0.05) is 23.7 Å². The van der Waals surface area contributed by atoms with Crippen molar-refractivity contribution in [3.8, 4) is 0 Å². The zero-order chi connectivity index (χ0) is 9.38. The summed E-state index contributed by atoms with van der Waals surface area (Å²) < 4.78 is 2.13. The summed E-state index contributed by atoms with van der Waals surface area (Å²) in [4.78, 5) is 5.77. The number of hydrogen-bond donors (Lipinski definition) is 1. The van der Waals surface area contributed by atoms with Gasteiger partial charge in [-0.15, -0.1) is 11.3 Å². The number of thiazole rings is 1. The van der Waals surface area contributed by atoms with Crippen LogP contribution < -0.4 is 5.32 Å². The summed E-state index contributed by atoms with van der Waals surface area (Å²) in [6, 6.07) is 0. The Morgan fingerprint density at radius 1 is 1.43 bits per heavy atom. The summed E-state index contributed by atoms with van der Waals surface area (Å²) in [6.07, 6.45) is 6.72. The lowest BCUT2D eigenvalue weighted by Crippen LogP contribution is -2.26. The molecule has 4 heteroatoms. The summed E-state index contributed by atoms with van der Waals surface area (Å²) >= 11 is 1.71. The lowest BCUT2D eigenvalue weighted by atomic mass is 9.95. The molecule has 1 fully saturated rings. The fourth-order valence-corrected chi connectivity index (χ4v) is 2.77. The Morgan fingerprint density at radius 2 is 2.29 bits per heavy atom. The number of fused-ring (bicyclic) bond motifs is 1. The third kappa shape index (κ3) is 1.35. The van der Waals surface area contributed by atoms with E-state index in [-0.39, 0.29) is 0 Å². The quantitative estimate of drug-likeness (QED) is 0.773. The first-order valence-corrected chi connectivity index (χ1v) is 5.94. The lowest BCUT2D eigenvalue weighted by molar-refractivity contribution is 0.454. The monoisotopic (exact) mass is 207 g/mol. The first kappa shape index (κ1) is 8.44. The molecule has 74 valence electrons. The minimum absolute atomic E-state index is 0.670. The standard InChI is InChI=1S/C10H13N3S/c1-3-11-4-2-8(1)9-7-13-5-6-14-10(13)12-9/h5-8,11H,1-4H2. The van der Waals surface area contributed by atoms with Crippen molar-refractivity contribution < 1.29 is 0 Å². The topological polar surface area (TPSA) is 29.3 Å². The average molecular weight is 207 g/mol. The third-order valence-corrected chi connectivity index (χ3v) is 3.64. The van der Waals surface area contributed by atoms with E-state index in [1.54, 1.807) is 11.3 Å². The second kappa shape index (κ2) is 3.37. The van der Waals surface area contributed by atoms with Gasteiger partial charge in [0.15, 0.2) is 4.96 Å². The molecule has 0 aliphatic carbocycles. The van der Waals surface area contributed by atoms with E-state index in [4.69, 9.17) is 0 Å². The Balaban J connectivity index is 1.92.